The first-order chi connectivity index (χ1) is 11.3. The Hall–Kier alpha value is -1.56. The second-order valence-electron chi connectivity index (χ2n) is 7.33. The lowest BCUT2D eigenvalue weighted by Crippen LogP contribution is -2.29. The molecule has 1 amide bonds. The van der Waals surface area contributed by atoms with E-state index >= 15 is 0 Å². The lowest BCUT2D eigenvalue weighted by atomic mass is 9.93. The summed E-state index contributed by atoms with van der Waals surface area (Å²) >= 11 is 0. The fraction of sp³-hybridized carbons (Fsp3) is 0.611. The Bertz CT molecular complexity index is 697. The summed E-state index contributed by atoms with van der Waals surface area (Å²) in [5.74, 6) is 2.20. The monoisotopic (exact) mass is 350 g/mol. The van der Waals surface area contributed by atoms with Crippen molar-refractivity contribution in [2.24, 2.45) is 17.8 Å². The number of carbonyl (C=O) groups is 1. The first-order valence-corrected chi connectivity index (χ1v) is 10.6. The topological polar surface area (TPSA) is 75.3 Å². The summed E-state index contributed by atoms with van der Waals surface area (Å²) in [5, 5.41) is 3.07. The summed E-state index contributed by atoms with van der Waals surface area (Å²) < 4.78 is 25.1. The Morgan fingerprint density at radius 3 is 2.38 bits per heavy atom. The van der Waals surface area contributed by atoms with Crippen LogP contribution in [0.3, 0.4) is 0 Å². The molecule has 5 nitrogen and oxygen atoms in total. The second kappa shape index (κ2) is 6.75. The van der Waals surface area contributed by atoms with Crippen LogP contribution in [0.25, 0.3) is 0 Å². The van der Waals surface area contributed by atoms with E-state index in [9.17, 15) is 13.2 Å². The molecule has 6 heteroatoms. The van der Waals surface area contributed by atoms with Gasteiger partial charge in [0.05, 0.1) is 12.3 Å². The minimum absolute atomic E-state index is 0.104. The molecule has 3 rings (SSSR count). The Morgan fingerprint density at radius 1 is 1.21 bits per heavy atom. The smallest absolute Gasteiger partial charge is 0.229 e. The molecule has 1 unspecified atom stereocenters. The molecule has 0 aromatic heterocycles. The average molecular weight is 350 g/mol. The maximum absolute atomic E-state index is 12.4. The van der Waals surface area contributed by atoms with Gasteiger partial charge in [0.1, 0.15) is 0 Å². The molecule has 0 bridgehead atoms. The molecule has 0 saturated heterocycles. The minimum Gasteiger partial charge on any atom is -0.350 e. The van der Waals surface area contributed by atoms with Gasteiger partial charge in [0.2, 0.25) is 15.9 Å². The first-order valence-electron chi connectivity index (χ1n) is 8.69. The molecule has 1 aromatic carbocycles. The summed E-state index contributed by atoms with van der Waals surface area (Å²) in [5.41, 5.74) is 1.41. The quantitative estimate of drug-likeness (QED) is 0.756. The molecule has 2 aliphatic rings. The molecule has 132 valence electrons. The maximum atomic E-state index is 12.4. The molecule has 0 spiro atoms. The van der Waals surface area contributed by atoms with Crippen LogP contribution in [0.15, 0.2) is 24.3 Å². The standard InChI is InChI=1S/C18H26N2O3S/c1-12(15-4-3-5-16(10-15)20-24(2,22)23)19-18(21)11-17(13-6-7-13)14-8-9-14/h3-5,10,12-14,17,20H,6-9,11H2,1-2H3,(H,19,21). The van der Waals surface area contributed by atoms with E-state index in [-0.39, 0.29) is 11.9 Å². The van der Waals surface area contributed by atoms with Gasteiger partial charge in [-0.15, -0.1) is 0 Å². The number of hydrogen-bond acceptors (Lipinski definition) is 3. The fourth-order valence-corrected chi connectivity index (χ4v) is 4.01. The lowest BCUT2D eigenvalue weighted by molar-refractivity contribution is -0.123. The lowest BCUT2D eigenvalue weighted by Gasteiger charge is -2.19. The molecule has 0 radical (unpaired) electrons. The van der Waals surface area contributed by atoms with E-state index in [0.717, 1.165) is 23.7 Å². The normalized spacial score (nSPS) is 19.1. The van der Waals surface area contributed by atoms with Crippen LogP contribution < -0.4 is 10.0 Å². The minimum atomic E-state index is -3.30. The second-order valence-corrected chi connectivity index (χ2v) is 9.08. The zero-order chi connectivity index (χ0) is 17.3. The molecule has 2 saturated carbocycles. The molecule has 0 aliphatic heterocycles. The maximum Gasteiger partial charge on any atom is 0.229 e. The number of sulfonamides is 1. The summed E-state index contributed by atoms with van der Waals surface area (Å²) in [6, 6.07) is 7.03. The fourth-order valence-electron chi connectivity index (χ4n) is 3.45. The van der Waals surface area contributed by atoms with Gasteiger partial charge in [-0.1, -0.05) is 12.1 Å². The van der Waals surface area contributed by atoms with Crippen LogP contribution in [0, 0.1) is 17.8 Å². The number of amides is 1. The van der Waals surface area contributed by atoms with Crippen molar-refractivity contribution in [3.63, 3.8) is 0 Å². The van der Waals surface area contributed by atoms with Crippen molar-refractivity contribution >= 4 is 21.6 Å². The van der Waals surface area contributed by atoms with E-state index in [1.165, 1.54) is 25.7 Å². The van der Waals surface area contributed by atoms with Gasteiger partial charge in [0.15, 0.2) is 0 Å². The predicted molar refractivity (Wildman–Crippen MR) is 95.0 cm³/mol. The van der Waals surface area contributed by atoms with Crippen molar-refractivity contribution < 1.29 is 13.2 Å². The van der Waals surface area contributed by atoms with Gasteiger partial charge in [-0.2, -0.15) is 0 Å². The molecular weight excluding hydrogens is 324 g/mol. The highest BCUT2D eigenvalue weighted by molar-refractivity contribution is 7.92. The number of benzene rings is 1. The molecule has 0 heterocycles. The summed E-state index contributed by atoms with van der Waals surface area (Å²) in [6.45, 7) is 1.93. The van der Waals surface area contributed by atoms with Gasteiger partial charge in [-0.05, 0) is 68.1 Å². The van der Waals surface area contributed by atoms with Crippen molar-refractivity contribution in [1.82, 2.24) is 5.32 Å². The predicted octanol–water partition coefficient (Wildman–Crippen LogP) is 3.06. The van der Waals surface area contributed by atoms with Crippen molar-refractivity contribution in [3.05, 3.63) is 29.8 Å². The zero-order valence-electron chi connectivity index (χ0n) is 14.3. The average Bonchev–Trinajstić information content (AvgIpc) is 3.36. The number of nitrogens with one attached hydrogen (secondary N) is 2. The van der Waals surface area contributed by atoms with E-state index in [4.69, 9.17) is 0 Å². The van der Waals surface area contributed by atoms with E-state index in [1.807, 2.05) is 13.0 Å². The summed E-state index contributed by atoms with van der Waals surface area (Å²) in [7, 11) is -3.30. The van der Waals surface area contributed by atoms with Crippen LogP contribution in [0.2, 0.25) is 0 Å². The highest BCUT2D eigenvalue weighted by atomic mass is 32.2. The van der Waals surface area contributed by atoms with Gasteiger partial charge in [0.25, 0.3) is 0 Å². The van der Waals surface area contributed by atoms with Crippen molar-refractivity contribution in [3.8, 4) is 0 Å². The molecule has 2 aliphatic carbocycles. The highest BCUT2D eigenvalue weighted by Gasteiger charge is 2.42. The van der Waals surface area contributed by atoms with Crippen molar-refractivity contribution in [2.75, 3.05) is 11.0 Å². The Labute approximate surface area is 144 Å². The van der Waals surface area contributed by atoms with E-state index in [1.54, 1.807) is 18.2 Å². The number of rotatable bonds is 8. The van der Waals surface area contributed by atoms with Gasteiger partial charge in [0, 0.05) is 12.1 Å². The Kier molecular flexibility index (Phi) is 4.85. The zero-order valence-corrected chi connectivity index (χ0v) is 15.1. The van der Waals surface area contributed by atoms with Crippen LogP contribution in [0.1, 0.15) is 50.6 Å². The Morgan fingerprint density at radius 2 is 1.83 bits per heavy atom. The third kappa shape index (κ3) is 4.97. The third-order valence-corrected chi connectivity index (χ3v) is 5.55. The van der Waals surface area contributed by atoms with Crippen LogP contribution in [-0.2, 0) is 14.8 Å². The Balaban J connectivity index is 1.58. The van der Waals surface area contributed by atoms with Gasteiger partial charge >= 0.3 is 0 Å². The first kappa shape index (κ1) is 17.3. The molecule has 1 atom stereocenters. The summed E-state index contributed by atoms with van der Waals surface area (Å²) in [6.07, 6.45) is 6.88. The van der Waals surface area contributed by atoms with Crippen LogP contribution in [-0.4, -0.2) is 20.6 Å². The largest absolute Gasteiger partial charge is 0.350 e. The highest BCUT2D eigenvalue weighted by Crippen LogP contribution is 2.50. The molecule has 1 aromatic rings. The van der Waals surface area contributed by atoms with Crippen LogP contribution in [0.5, 0.6) is 0 Å². The van der Waals surface area contributed by atoms with Crippen LogP contribution in [0.4, 0.5) is 5.69 Å². The van der Waals surface area contributed by atoms with Crippen molar-refractivity contribution in [2.45, 2.75) is 45.1 Å². The number of carbonyl (C=O) groups excluding carboxylic acids is 1. The van der Waals surface area contributed by atoms with E-state index < -0.39 is 10.0 Å². The number of anilines is 1. The van der Waals surface area contributed by atoms with Gasteiger partial charge < -0.3 is 5.32 Å². The molecule has 2 N–H and O–H groups in total. The third-order valence-electron chi connectivity index (χ3n) is 4.94. The van der Waals surface area contributed by atoms with Crippen molar-refractivity contribution in [1.29, 1.82) is 0 Å². The van der Waals surface area contributed by atoms with Gasteiger partial charge in [-0.3, -0.25) is 9.52 Å². The molecule has 2 fully saturated rings. The SMILES string of the molecule is CC(NC(=O)CC(C1CC1)C1CC1)c1cccc(NS(C)(=O)=O)c1. The van der Waals surface area contributed by atoms with Gasteiger partial charge in [-0.25, -0.2) is 8.42 Å². The molecular formula is C18H26N2O3S. The van der Waals surface area contributed by atoms with E-state index in [0.29, 0.717) is 18.0 Å². The van der Waals surface area contributed by atoms with E-state index in [2.05, 4.69) is 10.0 Å². The summed E-state index contributed by atoms with van der Waals surface area (Å²) in [4.78, 5) is 12.4. The number of hydrogen-bond donors (Lipinski definition) is 2. The van der Waals surface area contributed by atoms with Crippen LogP contribution >= 0.6 is 0 Å². The molecule has 24 heavy (non-hydrogen) atoms.